The van der Waals surface area contributed by atoms with Gasteiger partial charge in [-0.05, 0) is 46.3 Å². The van der Waals surface area contributed by atoms with Crippen LogP contribution in [0.3, 0.4) is 0 Å². The average molecular weight is 473 g/mol. The van der Waals surface area contributed by atoms with Crippen molar-refractivity contribution >= 4 is 49.9 Å². The third-order valence-corrected chi connectivity index (χ3v) is 4.01. The van der Waals surface area contributed by atoms with Crippen LogP contribution in [0.5, 0.6) is 5.75 Å². The molecule has 0 bridgehead atoms. The van der Waals surface area contributed by atoms with Crippen molar-refractivity contribution in [2.24, 2.45) is 5.10 Å². The summed E-state index contributed by atoms with van der Waals surface area (Å²) in [4.78, 5) is 23.4. The van der Waals surface area contributed by atoms with Gasteiger partial charge in [0.25, 0.3) is 11.8 Å². The highest BCUT2D eigenvalue weighted by molar-refractivity contribution is 9.11. The normalized spacial score (nSPS) is 10.7. The van der Waals surface area contributed by atoms with Crippen LogP contribution in [0.25, 0.3) is 0 Å². The second-order valence-electron chi connectivity index (χ2n) is 4.81. The van der Waals surface area contributed by atoms with E-state index in [-0.39, 0.29) is 17.9 Å². The van der Waals surface area contributed by atoms with Gasteiger partial charge in [0.15, 0.2) is 0 Å². The molecule has 0 aliphatic carbocycles. The number of hydrogen-bond donors (Lipinski definition) is 3. The van der Waals surface area contributed by atoms with E-state index in [4.69, 9.17) is 0 Å². The van der Waals surface area contributed by atoms with Gasteiger partial charge in [-0.25, -0.2) is 9.82 Å². The first kappa shape index (κ1) is 19.1. The SMILES string of the molecule is O=C(CNC(=O)c1cccc(F)c1)N/N=C/c1cc(Br)cc(Br)c1O. The Morgan fingerprint density at radius 3 is 2.72 bits per heavy atom. The van der Waals surface area contributed by atoms with Gasteiger partial charge < -0.3 is 10.4 Å². The van der Waals surface area contributed by atoms with Gasteiger partial charge in [0.1, 0.15) is 11.6 Å². The Morgan fingerprint density at radius 1 is 1.24 bits per heavy atom. The second kappa shape index (κ2) is 8.72. The number of phenols is 1. The Morgan fingerprint density at radius 2 is 2.00 bits per heavy atom. The van der Waals surface area contributed by atoms with Crippen molar-refractivity contribution in [3.63, 3.8) is 0 Å². The van der Waals surface area contributed by atoms with E-state index in [1.807, 2.05) is 0 Å². The van der Waals surface area contributed by atoms with E-state index in [2.05, 4.69) is 47.7 Å². The maximum atomic E-state index is 13.0. The molecular weight excluding hydrogens is 461 g/mol. The number of hydrogen-bond acceptors (Lipinski definition) is 4. The minimum absolute atomic E-state index is 0.0272. The molecule has 0 atom stereocenters. The van der Waals surface area contributed by atoms with Crippen LogP contribution in [0, 0.1) is 5.82 Å². The molecule has 9 heteroatoms. The van der Waals surface area contributed by atoms with Gasteiger partial charge in [0.05, 0.1) is 17.2 Å². The first-order chi connectivity index (χ1) is 11.9. The number of phenolic OH excluding ortho intramolecular Hbond substituents is 1. The lowest BCUT2D eigenvalue weighted by Crippen LogP contribution is -2.34. The van der Waals surface area contributed by atoms with Crippen LogP contribution in [0.4, 0.5) is 4.39 Å². The monoisotopic (exact) mass is 471 g/mol. The summed E-state index contributed by atoms with van der Waals surface area (Å²) in [5.41, 5.74) is 2.71. The van der Waals surface area contributed by atoms with E-state index in [1.165, 1.54) is 24.4 Å². The van der Waals surface area contributed by atoms with Gasteiger partial charge in [-0.15, -0.1) is 0 Å². The average Bonchev–Trinajstić information content (AvgIpc) is 2.57. The molecule has 0 radical (unpaired) electrons. The van der Waals surface area contributed by atoms with Crippen LogP contribution in [-0.4, -0.2) is 29.7 Å². The topological polar surface area (TPSA) is 90.8 Å². The molecule has 0 fully saturated rings. The zero-order valence-corrected chi connectivity index (χ0v) is 15.8. The summed E-state index contributed by atoms with van der Waals surface area (Å²) in [6.45, 7) is -0.332. The first-order valence-corrected chi connectivity index (χ1v) is 8.49. The van der Waals surface area contributed by atoms with Crippen LogP contribution < -0.4 is 10.7 Å². The summed E-state index contributed by atoms with van der Waals surface area (Å²) in [6, 6.07) is 8.39. The number of benzene rings is 2. The fourth-order valence-electron chi connectivity index (χ4n) is 1.79. The third kappa shape index (κ3) is 5.64. The van der Waals surface area contributed by atoms with Crippen molar-refractivity contribution in [1.29, 1.82) is 0 Å². The molecule has 0 heterocycles. The quantitative estimate of drug-likeness (QED) is 0.461. The van der Waals surface area contributed by atoms with Crippen LogP contribution in [0.15, 0.2) is 50.4 Å². The summed E-state index contributed by atoms with van der Waals surface area (Å²) in [6.07, 6.45) is 1.26. The van der Waals surface area contributed by atoms with E-state index >= 15 is 0 Å². The number of nitrogens with one attached hydrogen (secondary N) is 2. The third-order valence-electron chi connectivity index (χ3n) is 2.95. The fourth-order valence-corrected chi connectivity index (χ4v) is 3.05. The lowest BCUT2D eigenvalue weighted by molar-refractivity contribution is -0.120. The minimum atomic E-state index is -0.577. The number of carbonyl (C=O) groups excluding carboxylic acids is 2. The van der Waals surface area contributed by atoms with Crippen molar-refractivity contribution in [2.45, 2.75) is 0 Å². The molecule has 0 saturated carbocycles. The smallest absolute Gasteiger partial charge is 0.259 e. The molecule has 2 aromatic rings. The standard InChI is InChI=1S/C16H12Br2FN3O3/c17-11-4-10(15(24)13(18)6-11)7-21-22-14(23)8-20-16(25)9-2-1-3-12(19)5-9/h1-7,24H,8H2,(H,20,25)(H,22,23)/b21-7+. The first-order valence-electron chi connectivity index (χ1n) is 6.90. The summed E-state index contributed by atoms with van der Waals surface area (Å²) < 4.78 is 14.2. The highest BCUT2D eigenvalue weighted by atomic mass is 79.9. The van der Waals surface area contributed by atoms with Gasteiger partial charge in [-0.1, -0.05) is 22.0 Å². The Bertz CT molecular complexity index is 843. The number of rotatable bonds is 5. The van der Waals surface area contributed by atoms with Gasteiger partial charge >= 0.3 is 0 Å². The van der Waals surface area contributed by atoms with E-state index in [0.717, 1.165) is 6.07 Å². The summed E-state index contributed by atoms with van der Waals surface area (Å²) in [5, 5.41) is 15.9. The van der Waals surface area contributed by atoms with Gasteiger partial charge in [-0.2, -0.15) is 5.10 Å². The molecule has 6 nitrogen and oxygen atoms in total. The van der Waals surface area contributed by atoms with E-state index in [1.54, 1.807) is 12.1 Å². The molecule has 3 N–H and O–H groups in total. The minimum Gasteiger partial charge on any atom is -0.506 e. The summed E-state index contributed by atoms with van der Waals surface area (Å²) >= 11 is 6.45. The number of amides is 2. The molecule has 0 aliphatic rings. The molecule has 0 aliphatic heterocycles. The molecule has 2 rings (SSSR count). The van der Waals surface area contributed by atoms with E-state index in [0.29, 0.717) is 14.5 Å². The lowest BCUT2D eigenvalue weighted by atomic mass is 10.2. The van der Waals surface area contributed by atoms with Crippen LogP contribution >= 0.6 is 31.9 Å². The number of nitrogens with zero attached hydrogens (tertiary/aromatic N) is 1. The van der Waals surface area contributed by atoms with Gasteiger partial charge in [-0.3, -0.25) is 9.59 Å². The number of aromatic hydroxyl groups is 1. The number of carbonyl (C=O) groups is 2. The Balaban J connectivity index is 1.88. The molecule has 130 valence electrons. The Kier molecular flexibility index (Phi) is 6.65. The summed E-state index contributed by atoms with van der Waals surface area (Å²) in [7, 11) is 0. The van der Waals surface area contributed by atoms with Crippen molar-refractivity contribution in [3.8, 4) is 5.75 Å². The maximum absolute atomic E-state index is 13.0. The van der Waals surface area contributed by atoms with Crippen molar-refractivity contribution < 1.29 is 19.1 Å². The van der Waals surface area contributed by atoms with Crippen LogP contribution in [0.2, 0.25) is 0 Å². The predicted molar refractivity (Wildman–Crippen MR) is 98.0 cm³/mol. The Hall–Kier alpha value is -2.26. The number of halogens is 3. The molecule has 25 heavy (non-hydrogen) atoms. The molecule has 0 saturated heterocycles. The van der Waals surface area contributed by atoms with Crippen LogP contribution in [-0.2, 0) is 4.79 Å². The van der Waals surface area contributed by atoms with Crippen LogP contribution in [0.1, 0.15) is 15.9 Å². The molecule has 0 unspecified atom stereocenters. The zero-order valence-electron chi connectivity index (χ0n) is 12.6. The second-order valence-corrected chi connectivity index (χ2v) is 6.58. The predicted octanol–water partition coefficient (Wildman–Crippen LogP) is 2.94. The highest BCUT2D eigenvalue weighted by Crippen LogP contribution is 2.30. The fraction of sp³-hybridized carbons (Fsp3) is 0.0625. The molecular formula is C16H12Br2FN3O3. The summed E-state index contributed by atoms with van der Waals surface area (Å²) in [5.74, 6) is -1.72. The lowest BCUT2D eigenvalue weighted by Gasteiger charge is -2.05. The van der Waals surface area contributed by atoms with E-state index < -0.39 is 17.6 Å². The highest BCUT2D eigenvalue weighted by Gasteiger charge is 2.09. The molecule has 2 amide bonds. The Labute approximate surface area is 159 Å². The zero-order chi connectivity index (χ0) is 18.4. The number of hydrazone groups is 1. The van der Waals surface area contributed by atoms with E-state index in [9.17, 15) is 19.1 Å². The van der Waals surface area contributed by atoms with Gasteiger partial charge in [0, 0.05) is 15.6 Å². The van der Waals surface area contributed by atoms with Gasteiger partial charge in [0.2, 0.25) is 0 Å². The largest absolute Gasteiger partial charge is 0.506 e. The van der Waals surface area contributed by atoms with Crippen molar-refractivity contribution in [3.05, 3.63) is 62.3 Å². The maximum Gasteiger partial charge on any atom is 0.259 e. The van der Waals surface area contributed by atoms with Crippen molar-refractivity contribution in [1.82, 2.24) is 10.7 Å². The molecule has 0 aromatic heterocycles. The van der Waals surface area contributed by atoms with Crippen molar-refractivity contribution in [2.75, 3.05) is 6.54 Å². The molecule has 2 aromatic carbocycles. The molecule has 0 spiro atoms.